The van der Waals surface area contributed by atoms with Crippen LogP contribution in [0.15, 0.2) is 33.9 Å². The molecule has 0 aliphatic rings. The fourth-order valence-corrected chi connectivity index (χ4v) is 1.47. The molecule has 1 aromatic carbocycles. The zero-order valence-electron chi connectivity index (χ0n) is 11.7. The Hall–Kier alpha value is -2.50. The van der Waals surface area contributed by atoms with E-state index in [9.17, 15) is 14.7 Å². The number of H-pyrrole nitrogens is 2. The van der Waals surface area contributed by atoms with E-state index in [4.69, 9.17) is 5.73 Å². The molecule has 1 aromatic heterocycles. The van der Waals surface area contributed by atoms with Crippen LogP contribution >= 0.6 is 0 Å². The van der Waals surface area contributed by atoms with Crippen LogP contribution in [0.2, 0.25) is 0 Å². The predicted molar refractivity (Wildman–Crippen MR) is 79.0 cm³/mol. The third kappa shape index (κ3) is 4.64. The molecule has 0 amide bonds. The number of nitrogen functional groups attached to an aromatic ring is 1. The first kappa shape index (κ1) is 15.6. The number of aromatic nitrogens is 2. The van der Waals surface area contributed by atoms with Gasteiger partial charge in [-0.15, -0.1) is 0 Å². The number of nitrogens with one attached hydrogen (secondary N) is 2. The predicted octanol–water partition coefficient (Wildman–Crippen LogP) is 1.47. The molecule has 0 aliphatic heterocycles. The van der Waals surface area contributed by atoms with Crippen LogP contribution in [0, 0.1) is 6.92 Å². The molecule has 6 nitrogen and oxygen atoms in total. The molecule has 108 valence electrons. The van der Waals surface area contributed by atoms with Gasteiger partial charge < -0.3 is 10.8 Å². The summed E-state index contributed by atoms with van der Waals surface area (Å²) in [6.07, 6.45) is 0. The van der Waals surface area contributed by atoms with Crippen molar-refractivity contribution < 1.29 is 5.11 Å². The van der Waals surface area contributed by atoms with Crippen molar-refractivity contribution in [2.45, 2.75) is 26.7 Å². The summed E-state index contributed by atoms with van der Waals surface area (Å²) in [5.41, 5.74) is 6.14. The summed E-state index contributed by atoms with van der Waals surface area (Å²) in [6, 6.07) is 6.94. The Morgan fingerprint density at radius 2 is 1.80 bits per heavy atom. The lowest BCUT2D eigenvalue weighted by atomic mass is 10.0. The summed E-state index contributed by atoms with van der Waals surface area (Å²) in [6.45, 7) is 6.13. The average molecular weight is 277 g/mol. The van der Waals surface area contributed by atoms with Gasteiger partial charge in [-0.3, -0.25) is 14.8 Å². The maximum absolute atomic E-state index is 10.4. The molecule has 1 heterocycles. The maximum Gasteiger partial charge on any atom is 0.327 e. The van der Waals surface area contributed by atoms with E-state index in [0.29, 0.717) is 11.7 Å². The summed E-state index contributed by atoms with van der Waals surface area (Å²) in [5.74, 6) is 0.960. The fourth-order valence-electron chi connectivity index (χ4n) is 1.47. The van der Waals surface area contributed by atoms with Gasteiger partial charge >= 0.3 is 5.69 Å². The average Bonchev–Trinajstić information content (AvgIpc) is 2.31. The molecule has 0 atom stereocenters. The van der Waals surface area contributed by atoms with E-state index >= 15 is 0 Å². The fraction of sp³-hybridized carbons (Fsp3) is 0.286. The maximum atomic E-state index is 10.4. The molecule has 0 spiro atoms. The molecule has 6 heteroatoms. The number of hydrogen-bond acceptors (Lipinski definition) is 4. The number of anilines is 1. The number of benzene rings is 1. The van der Waals surface area contributed by atoms with Crippen molar-refractivity contribution in [2.24, 2.45) is 0 Å². The van der Waals surface area contributed by atoms with E-state index in [1.54, 1.807) is 0 Å². The first-order chi connectivity index (χ1) is 9.29. The number of phenolic OH excluding ortho intramolecular Hbond substituents is 1. The molecule has 0 saturated carbocycles. The molecule has 0 fully saturated rings. The van der Waals surface area contributed by atoms with Gasteiger partial charge in [0.15, 0.2) is 0 Å². The van der Waals surface area contributed by atoms with Crippen molar-refractivity contribution in [3.05, 3.63) is 56.2 Å². The van der Waals surface area contributed by atoms with Crippen molar-refractivity contribution >= 4 is 5.82 Å². The molecule has 20 heavy (non-hydrogen) atoms. The number of aromatic hydroxyl groups is 1. The third-order valence-electron chi connectivity index (χ3n) is 2.68. The minimum atomic E-state index is -0.583. The highest BCUT2D eigenvalue weighted by Gasteiger charge is 2.01. The zero-order valence-corrected chi connectivity index (χ0v) is 11.7. The van der Waals surface area contributed by atoms with Crippen LogP contribution in [-0.4, -0.2) is 15.1 Å². The van der Waals surface area contributed by atoms with Crippen molar-refractivity contribution in [1.82, 2.24) is 9.97 Å². The Morgan fingerprint density at radius 3 is 2.25 bits per heavy atom. The summed E-state index contributed by atoms with van der Waals surface area (Å²) in [7, 11) is 0. The minimum absolute atomic E-state index is 0.0729. The number of hydrogen-bond donors (Lipinski definition) is 4. The second kappa shape index (κ2) is 6.60. The molecular weight excluding hydrogens is 258 g/mol. The second-order valence-corrected chi connectivity index (χ2v) is 4.74. The molecule has 0 bridgehead atoms. The lowest BCUT2D eigenvalue weighted by Gasteiger charge is -2.06. The Labute approximate surface area is 116 Å². The highest BCUT2D eigenvalue weighted by Crippen LogP contribution is 2.22. The highest BCUT2D eigenvalue weighted by atomic mass is 16.3. The topological polar surface area (TPSA) is 112 Å². The van der Waals surface area contributed by atoms with Gasteiger partial charge in [-0.25, -0.2) is 4.79 Å². The molecule has 0 unspecified atom stereocenters. The van der Waals surface area contributed by atoms with Crippen molar-refractivity contribution in [2.75, 3.05) is 5.73 Å². The monoisotopic (exact) mass is 277 g/mol. The van der Waals surface area contributed by atoms with E-state index in [1.165, 1.54) is 5.56 Å². The quantitative estimate of drug-likeness (QED) is 0.632. The van der Waals surface area contributed by atoms with E-state index in [2.05, 4.69) is 24.9 Å². The number of aryl methyl sites for hydroxylation is 1. The van der Waals surface area contributed by atoms with E-state index in [0.717, 1.165) is 11.6 Å². The summed E-state index contributed by atoms with van der Waals surface area (Å²) >= 11 is 0. The van der Waals surface area contributed by atoms with Crippen LogP contribution < -0.4 is 17.0 Å². The van der Waals surface area contributed by atoms with E-state index in [1.807, 2.05) is 24.0 Å². The first-order valence-electron chi connectivity index (χ1n) is 6.18. The standard InChI is InChI=1S/C10H14O.C4H5N3O2/c1-7(2)9-5-4-8(3)10(11)6-9;5-2-1-3(8)7-4(9)6-2/h4-7,11H,1-3H3;1H,(H4,5,6,7,8,9). The Morgan fingerprint density at radius 1 is 1.15 bits per heavy atom. The number of rotatable bonds is 1. The Bertz CT molecular complexity index is 658. The van der Waals surface area contributed by atoms with Gasteiger partial charge in [0.1, 0.15) is 11.6 Å². The van der Waals surface area contributed by atoms with Crippen LogP contribution in [-0.2, 0) is 0 Å². The third-order valence-corrected chi connectivity index (χ3v) is 2.68. The van der Waals surface area contributed by atoms with Crippen molar-refractivity contribution in [3.63, 3.8) is 0 Å². The molecule has 2 aromatic rings. The highest BCUT2D eigenvalue weighted by molar-refractivity contribution is 5.36. The molecule has 0 saturated heterocycles. The van der Waals surface area contributed by atoms with E-state index < -0.39 is 11.2 Å². The lowest BCUT2D eigenvalue weighted by Crippen LogP contribution is -2.22. The van der Waals surface area contributed by atoms with Gasteiger partial charge in [0.25, 0.3) is 5.56 Å². The van der Waals surface area contributed by atoms with Crippen molar-refractivity contribution in [3.8, 4) is 5.75 Å². The lowest BCUT2D eigenvalue weighted by molar-refractivity contribution is 0.470. The van der Waals surface area contributed by atoms with E-state index in [-0.39, 0.29) is 5.82 Å². The minimum Gasteiger partial charge on any atom is -0.508 e. The van der Waals surface area contributed by atoms with Crippen LogP contribution in [0.25, 0.3) is 0 Å². The van der Waals surface area contributed by atoms with Crippen LogP contribution in [0.1, 0.15) is 30.9 Å². The van der Waals surface area contributed by atoms with Gasteiger partial charge in [-0.2, -0.15) is 0 Å². The van der Waals surface area contributed by atoms with Gasteiger partial charge in [0.05, 0.1) is 0 Å². The molecule has 2 rings (SSSR count). The normalized spacial score (nSPS) is 10.0. The van der Waals surface area contributed by atoms with Gasteiger partial charge in [-0.05, 0) is 30.0 Å². The SMILES string of the molecule is Cc1ccc(C(C)C)cc1O.Nc1cc(=O)[nH]c(=O)[nH]1. The summed E-state index contributed by atoms with van der Waals surface area (Å²) in [4.78, 5) is 24.8. The molecule has 5 N–H and O–H groups in total. The van der Waals surface area contributed by atoms with Gasteiger partial charge in [-0.1, -0.05) is 26.0 Å². The van der Waals surface area contributed by atoms with Gasteiger partial charge in [0, 0.05) is 6.07 Å². The van der Waals surface area contributed by atoms with Gasteiger partial charge in [0.2, 0.25) is 0 Å². The number of nitrogens with two attached hydrogens (primary N) is 1. The van der Waals surface area contributed by atoms with Crippen molar-refractivity contribution in [1.29, 1.82) is 0 Å². The number of phenols is 1. The molecule has 0 radical (unpaired) electrons. The summed E-state index contributed by atoms with van der Waals surface area (Å²) < 4.78 is 0. The summed E-state index contributed by atoms with van der Waals surface area (Å²) in [5, 5.41) is 9.35. The Balaban J connectivity index is 0.000000204. The largest absolute Gasteiger partial charge is 0.508 e. The molecule has 0 aliphatic carbocycles. The zero-order chi connectivity index (χ0) is 15.3. The smallest absolute Gasteiger partial charge is 0.327 e. The first-order valence-corrected chi connectivity index (χ1v) is 6.18. The second-order valence-electron chi connectivity index (χ2n) is 4.74. The molecular formula is C14H19N3O3. The van der Waals surface area contributed by atoms with Crippen LogP contribution in [0.4, 0.5) is 5.82 Å². The van der Waals surface area contributed by atoms with Crippen LogP contribution in [0.3, 0.4) is 0 Å². The Kier molecular flexibility index (Phi) is 5.14. The van der Waals surface area contributed by atoms with Crippen LogP contribution in [0.5, 0.6) is 5.75 Å². The number of aromatic amines is 2.